The first-order valence-corrected chi connectivity index (χ1v) is 12.8. The number of nitrogens with one attached hydrogen (secondary N) is 4. The molecule has 0 radical (unpaired) electrons. The lowest BCUT2D eigenvalue weighted by molar-refractivity contribution is -0.00879. The van der Waals surface area contributed by atoms with Crippen LogP contribution >= 0.6 is 0 Å². The lowest BCUT2D eigenvalue weighted by Crippen LogP contribution is -2.56. The zero-order chi connectivity index (χ0) is 21.3. The summed E-state index contributed by atoms with van der Waals surface area (Å²) in [6.07, 6.45) is 4.29. The van der Waals surface area contributed by atoms with Crippen molar-refractivity contribution in [3.63, 3.8) is 0 Å². The average Bonchev–Trinajstić information content (AvgIpc) is 3.37. The molecule has 3 heterocycles. The van der Waals surface area contributed by atoms with Crippen LogP contribution in [0.4, 0.5) is 0 Å². The van der Waals surface area contributed by atoms with Crippen molar-refractivity contribution in [2.24, 2.45) is 11.8 Å². The van der Waals surface area contributed by atoms with Gasteiger partial charge in [-0.05, 0) is 44.1 Å². The molecule has 0 amide bonds. The minimum atomic E-state index is -3.44. The number of fused-ring (bicyclic) bond motifs is 1. The molecule has 0 spiro atoms. The van der Waals surface area contributed by atoms with Crippen LogP contribution in [0.25, 0.3) is 0 Å². The second kappa shape index (κ2) is 9.63. The van der Waals surface area contributed by atoms with Crippen LogP contribution in [0, 0.1) is 11.8 Å². The third-order valence-electron chi connectivity index (χ3n) is 7.39. The maximum absolute atomic E-state index is 13.2. The Labute approximate surface area is 180 Å². The molecule has 0 aromatic carbocycles. The quantitative estimate of drug-likeness (QED) is 0.316. The van der Waals surface area contributed by atoms with Crippen molar-refractivity contribution in [3.8, 4) is 0 Å². The Hall–Kier alpha value is -0.370. The minimum Gasteiger partial charge on any atom is -0.390 e. The number of ether oxygens (including phenoxy) is 1. The number of aliphatic hydroxyl groups is 1. The number of hydrogen-bond acceptors (Lipinski definition) is 9. The van der Waals surface area contributed by atoms with Gasteiger partial charge >= 0.3 is 0 Å². The Balaban J connectivity index is 1.34. The van der Waals surface area contributed by atoms with Crippen LogP contribution in [-0.2, 0) is 14.8 Å². The highest BCUT2D eigenvalue weighted by Crippen LogP contribution is 2.31. The van der Waals surface area contributed by atoms with Crippen molar-refractivity contribution in [2.45, 2.75) is 61.7 Å². The smallest absolute Gasteiger partial charge is 0.217 e. The van der Waals surface area contributed by atoms with Gasteiger partial charge in [-0.1, -0.05) is 6.42 Å². The molecule has 3 aliphatic heterocycles. The molecule has 0 aromatic rings. The Bertz CT molecular complexity index is 680. The molecule has 1 aliphatic carbocycles. The molecule has 0 bridgehead atoms. The molecular weight excluding hydrogens is 408 g/mol. The fourth-order valence-corrected chi connectivity index (χ4v) is 7.23. The first-order chi connectivity index (χ1) is 14.4. The number of rotatable bonds is 7. The predicted molar refractivity (Wildman–Crippen MR) is 114 cm³/mol. The Morgan fingerprint density at radius 1 is 1.23 bits per heavy atom. The lowest BCUT2D eigenvalue weighted by Gasteiger charge is -2.38. The third-order valence-corrected chi connectivity index (χ3v) is 9.22. The highest BCUT2D eigenvalue weighted by atomic mass is 32.2. The van der Waals surface area contributed by atoms with E-state index in [1.54, 1.807) is 7.11 Å². The van der Waals surface area contributed by atoms with Crippen LogP contribution in [0.2, 0.25) is 0 Å². The van der Waals surface area contributed by atoms with Gasteiger partial charge < -0.3 is 15.2 Å². The van der Waals surface area contributed by atoms with E-state index in [1.807, 2.05) is 12.1 Å². The van der Waals surface area contributed by atoms with E-state index in [2.05, 4.69) is 25.9 Å². The van der Waals surface area contributed by atoms with Gasteiger partial charge in [0.2, 0.25) is 10.0 Å². The standard InChI is InChI=1S/C19H38N6O4S/c1-24-19-14(9-21-24)4-3-5-16(19)23-30(27,28)15-10-22-25(11-15)18-8-13(6-7-20-18)17(26)12-29-2/h13-23,26H,3-12H2,1-2H3/t13?,14?,15?,16?,17-,18?,19?/m0/s1. The number of methoxy groups -OCH3 is 1. The number of hydrazine groups is 2. The van der Waals surface area contributed by atoms with Crippen LogP contribution < -0.4 is 20.9 Å². The van der Waals surface area contributed by atoms with Crippen molar-refractivity contribution in [1.82, 2.24) is 30.9 Å². The molecule has 30 heavy (non-hydrogen) atoms. The van der Waals surface area contributed by atoms with E-state index in [9.17, 15) is 13.5 Å². The fourth-order valence-electron chi connectivity index (χ4n) is 5.71. The van der Waals surface area contributed by atoms with Gasteiger partial charge in [0.25, 0.3) is 0 Å². The van der Waals surface area contributed by atoms with E-state index in [4.69, 9.17) is 4.74 Å². The van der Waals surface area contributed by atoms with Crippen molar-refractivity contribution < 1.29 is 18.3 Å². The van der Waals surface area contributed by atoms with Gasteiger partial charge in [-0.25, -0.2) is 23.2 Å². The Kier molecular flexibility index (Phi) is 7.33. The minimum absolute atomic E-state index is 0.0136. The molecule has 0 aromatic heterocycles. The molecule has 11 heteroatoms. The first kappa shape index (κ1) is 22.8. The summed E-state index contributed by atoms with van der Waals surface area (Å²) in [6.45, 7) is 2.91. The van der Waals surface area contributed by atoms with Gasteiger partial charge in [0.15, 0.2) is 0 Å². The van der Waals surface area contributed by atoms with Crippen LogP contribution in [0.3, 0.4) is 0 Å². The van der Waals surface area contributed by atoms with Crippen molar-refractivity contribution in [2.75, 3.05) is 46.9 Å². The molecule has 174 valence electrons. The second-order valence-corrected chi connectivity index (χ2v) is 11.3. The van der Waals surface area contributed by atoms with Gasteiger partial charge in [-0.2, -0.15) is 0 Å². The lowest BCUT2D eigenvalue weighted by atomic mass is 9.82. The van der Waals surface area contributed by atoms with E-state index in [1.165, 1.54) is 0 Å². The summed E-state index contributed by atoms with van der Waals surface area (Å²) in [5.41, 5.74) is 6.64. The summed E-state index contributed by atoms with van der Waals surface area (Å²) in [6, 6.07) is 0.186. The number of aliphatic hydroxyl groups excluding tert-OH is 1. The van der Waals surface area contributed by atoms with Crippen LogP contribution in [0.1, 0.15) is 32.1 Å². The summed E-state index contributed by atoms with van der Waals surface area (Å²) < 4.78 is 34.5. The number of hydrogen-bond donors (Lipinski definition) is 5. The molecule has 4 rings (SSSR count). The summed E-state index contributed by atoms with van der Waals surface area (Å²) in [5, 5.41) is 17.4. The van der Waals surface area contributed by atoms with E-state index < -0.39 is 21.4 Å². The Morgan fingerprint density at radius 3 is 2.87 bits per heavy atom. The highest BCUT2D eigenvalue weighted by Gasteiger charge is 2.44. The number of nitrogens with zero attached hydrogens (tertiary/aromatic N) is 2. The molecule has 5 N–H and O–H groups in total. The van der Waals surface area contributed by atoms with Gasteiger partial charge in [-0.15, -0.1) is 0 Å². The van der Waals surface area contributed by atoms with Crippen molar-refractivity contribution in [3.05, 3.63) is 0 Å². The van der Waals surface area contributed by atoms with Crippen molar-refractivity contribution in [1.29, 1.82) is 0 Å². The van der Waals surface area contributed by atoms with Gasteiger partial charge in [0.1, 0.15) is 5.25 Å². The number of sulfonamides is 1. The van der Waals surface area contributed by atoms with E-state index in [0.29, 0.717) is 25.6 Å². The topological polar surface area (TPSA) is 118 Å². The number of likely N-dealkylation sites (N-methyl/N-ethyl adjacent to an activating group) is 1. The highest BCUT2D eigenvalue weighted by molar-refractivity contribution is 7.90. The predicted octanol–water partition coefficient (Wildman–Crippen LogP) is -1.59. The molecule has 7 atom stereocenters. The number of piperidine rings is 1. The molecule has 6 unspecified atom stereocenters. The average molecular weight is 447 g/mol. The maximum atomic E-state index is 13.2. The Morgan fingerprint density at radius 2 is 2.07 bits per heavy atom. The largest absolute Gasteiger partial charge is 0.390 e. The van der Waals surface area contributed by atoms with Crippen LogP contribution in [0.15, 0.2) is 0 Å². The van der Waals surface area contributed by atoms with E-state index in [-0.39, 0.29) is 24.2 Å². The fraction of sp³-hybridized carbons (Fsp3) is 1.00. The van der Waals surface area contributed by atoms with E-state index in [0.717, 1.165) is 45.2 Å². The molecule has 4 fully saturated rings. The zero-order valence-corrected chi connectivity index (χ0v) is 18.9. The molecule has 4 aliphatic rings. The monoisotopic (exact) mass is 446 g/mol. The van der Waals surface area contributed by atoms with E-state index >= 15 is 0 Å². The summed E-state index contributed by atoms with van der Waals surface area (Å²) in [4.78, 5) is 0. The van der Waals surface area contributed by atoms with Crippen LogP contribution in [-0.4, -0.2) is 100 Å². The normalized spacial score (nSPS) is 39.8. The molecule has 10 nitrogen and oxygen atoms in total. The summed E-state index contributed by atoms with van der Waals surface area (Å²) in [7, 11) is 0.173. The van der Waals surface area contributed by atoms with Crippen molar-refractivity contribution >= 4 is 10.0 Å². The first-order valence-electron chi connectivity index (χ1n) is 11.3. The van der Waals surface area contributed by atoms with Gasteiger partial charge in [0.05, 0.1) is 18.9 Å². The van der Waals surface area contributed by atoms with Gasteiger partial charge in [0, 0.05) is 45.9 Å². The summed E-state index contributed by atoms with van der Waals surface area (Å²) >= 11 is 0. The van der Waals surface area contributed by atoms with Gasteiger partial charge in [-0.3, -0.25) is 10.9 Å². The molecule has 1 saturated carbocycles. The molecule has 3 saturated heterocycles. The third kappa shape index (κ3) is 4.84. The molecular formula is C19H38N6O4S. The van der Waals surface area contributed by atoms with Crippen LogP contribution in [0.5, 0.6) is 0 Å². The SMILES string of the molecule is COC[C@H](O)C1CCNC(N2CC(S(=O)(=O)NC3CCCC4CNN(C)C43)CN2)C1. The second-order valence-electron chi connectivity index (χ2n) is 9.34. The maximum Gasteiger partial charge on any atom is 0.217 e. The summed E-state index contributed by atoms with van der Waals surface area (Å²) in [5.74, 6) is 0.660. The zero-order valence-electron chi connectivity index (χ0n) is 18.1.